The van der Waals surface area contributed by atoms with Crippen LogP contribution in [0.1, 0.15) is 63.1 Å². The van der Waals surface area contributed by atoms with Crippen LogP contribution in [0.25, 0.3) is 0 Å². The van der Waals surface area contributed by atoms with E-state index < -0.39 is 23.1 Å². The molecule has 0 radical (unpaired) electrons. The summed E-state index contributed by atoms with van der Waals surface area (Å²) in [5.74, 6) is -1.95. The molecule has 0 bridgehead atoms. The number of nitrogens with one attached hydrogen (secondary N) is 4. The van der Waals surface area contributed by atoms with E-state index >= 15 is 0 Å². The van der Waals surface area contributed by atoms with E-state index in [9.17, 15) is 18.3 Å². The van der Waals surface area contributed by atoms with Gasteiger partial charge in [0.1, 0.15) is 23.0 Å². The number of rotatable bonds is 8. The van der Waals surface area contributed by atoms with Gasteiger partial charge in [-0.2, -0.15) is 0 Å². The fourth-order valence-electron chi connectivity index (χ4n) is 4.70. The fraction of sp³-hybridized carbons (Fsp3) is 0.478. The van der Waals surface area contributed by atoms with Crippen LogP contribution in [0, 0.1) is 22.9 Å². The summed E-state index contributed by atoms with van der Waals surface area (Å²) >= 11 is 0. The second kappa shape index (κ2) is 9.86. The lowest BCUT2D eigenvalue weighted by Gasteiger charge is -2.28. The maximum Gasteiger partial charge on any atom is 0.210 e. The average Bonchev–Trinajstić information content (AvgIpc) is 3.40. The first-order chi connectivity index (χ1) is 15.9. The molecule has 0 amide bonds. The van der Waals surface area contributed by atoms with Crippen LogP contribution in [0.4, 0.5) is 30.6 Å². The quantitative estimate of drug-likeness (QED) is 0.358. The number of aliphatic hydroxyl groups excluding tert-OH is 1. The van der Waals surface area contributed by atoms with Gasteiger partial charge in [0.15, 0.2) is 11.6 Å². The molecule has 0 spiro atoms. The molecule has 10 heteroatoms. The Balaban J connectivity index is 1.63. The Kier molecular flexibility index (Phi) is 6.92. The van der Waals surface area contributed by atoms with Gasteiger partial charge in [-0.05, 0) is 38.5 Å². The van der Waals surface area contributed by atoms with Crippen LogP contribution < -0.4 is 16.0 Å². The zero-order chi connectivity index (χ0) is 23.5. The first kappa shape index (κ1) is 23.2. The van der Waals surface area contributed by atoms with Crippen LogP contribution in [-0.2, 0) is 0 Å². The van der Waals surface area contributed by atoms with Gasteiger partial charge in [-0.25, -0.2) is 18.2 Å². The largest absolute Gasteiger partial charge is 0.393 e. The number of hydrogen-bond acceptors (Lipinski definition) is 6. The average molecular weight is 463 g/mol. The highest BCUT2D eigenvalue weighted by Gasteiger charge is 2.28. The molecule has 4 rings (SSSR count). The highest BCUT2D eigenvalue weighted by molar-refractivity contribution is 5.84. The minimum Gasteiger partial charge on any atom is -0.393 e. The van der Waals surface area contributed by atoms with Crippen LogP contribution in [0.2, 0.25) is 0 Å². The number of imidazole rings is 1. The van der Waals surface area contributed by atoms with Gasteiger partial charge in [-0.1, -0.05) is 19.4 Å². The van der Waals surface area contributed by atoms with Crippen molar-refractivity contribution in [3.8, 4) is 0 Å². The van der Waals surface area contributed by atoms with E-state index in [-0.39, 0.29) is 29.8 Å². The summed E-state index contributed by atoms with van der Waals surface area (Å²) in [5.41, 5.74) is -0.212. The van der Waals surface area contributed by atoms with Gasteiger partial charge in [0.25, 0.3) is 0 Å². The van der Waals surface area contributed by atoms with E-state index in [1.807, 2.05) is 4.57 Å². The normalized spacial score (nSPS) is 21.1. The molecule has 0 unspecified atom stereocenters. The lowest BCUT2D eigenvalue weighted by atomic mass is 9.93. The van der Waals surface area contributed by atoms with Crippen LogP contribution >= 0.6 is 0 Å². The Labute approximate surface area is 190 Å². The van der Waals surface area contributed by atoms with Gasteiger partial charge in [0.2, 0.25) is 5.95 Å². The summed E-state index contributed by atoms with van der Waals surface area (Å²) in [5, 5.41) is 26.8. The Morgan fingerprint density at radius 3 is 2.33 bits per heavy atom. The van der Waals surface area contributed by atoms with Crippen molar-refractivity contribution in [1.29, 1.82) is 5.41 Å². The molecule has 178 valence electrons. The van der Waals surface area contributed by atoms with Gasteiger partial charge in [-0.3, -0.25) is 4.57 Å². The lowest BCUT2D eigenvalue weighted by Crippen LogP contribution is -2.36. The number of aliphatic hydroxyl groups is 1. The predicted octanol–water partition coefficient (Wildman–Crippen LogP) is 4.93. The summed E-state index contributed by atoms with van der Waals surface area (Å²) in [6.45, 7) is 4.05. The molecule has 2 aliphatic carbocycles. The summed E-state index contributed by atoms with van der Waals surface area (Å²) in [6, 6.07) is 1.40. The molecule has 0 atom stereocenters. The number of benzene rings is 1. The molecular formula is C23H29F3N6O. The van der Waals surface area contributed by atoms with E-state index in [1.54, 1.807) is 0 Å². The van der Waals surface area contributed by atoms with Crippen LogP contribution in [0.5, 0.6) is 0 Å². The number of nitrogens with zero attached hydrogens (tertiary/aromatic N) is 2. The van der Waals surface area contributed by atoms with Crippen molar-refractivity contribution in [2.45, 2.75) is 69.6 Å². The summed E-state index contributed by atoms with van der Waals surface area (Å²) in [6.07, 6.45) is 7.60. The molecule has 33 heavy (non-hydrogen) atoms. The second-order valence-electron chi connectivity index (χ2n) is 8.74. The van der Waals surface area contributed by atoms with Gasteiger partial charge in [0.05, 0.1) is 11.9 Å². The lowest BCUT2D eigenvalue weighted by molar-refractivity contribution is 0.119. The third-order valence-corrected chi connectivity index (χ3v) is 6.35. The molecule has 2 fully saturated rings. The monoisotopic (exact) mass is 462 g/mol. The van der Waals surface area contributed by atoms with Gasteiger partial charge in [-0.15, -0.1) is 0 Å². The Morgan fingerprint density at radius 2 is 1.73 bits per heavy atom. The highest BCUT2D eigenvalue weighted by Crippen LogP contribution is 2.38. The van der Waals surface area contributed by atoms with Crippen LogP contribution in [0.15, 0.2) is 24.5 Å². The molecule has 2 aliphatic rings. The number of anilines is 3. The van der Waals surface area contributed by atoms with Crippen molar-refractivity contribution in [3.63, 3.8) is 0 Å². The van der Waals surface area contributed by atoms with Crippen LogP contribution in [-0.4, -0.2) is 33.0 Å². The first-order valence-corrected chi connectivity index (χ1v) is 11.3. The minimum absolute atomic E-state index is 0.0143. The van der Waals surface area contributed by atoms with Crippen molar-refractivity contribution in [2.24, 2.45) is 0 Å². The maximum atomic E-state index is 14.3. The number of aromatic nitrogens is 2. The molecule has 0 saturated heterocycles. The summed E-state index contributed by atoms with van der Waals surface area (Å²) in [7, 11) is 0. The molecule has 5 N–H and O–H groups in total. The zero-order valence-electron chi connectivity index (χ0n) is 18.3. The first-order valence-electron chi connectivity index (χ1n) is 11.3. The van der Waals surface area contributed by atoms with Crippen molar-refractivity contribution in [1.82, 2.24) is 14.9 Å². The van der Waals surface area contributed by atoms with Crippen molar-refractivity contribution in [2.75, 3.05) is 10.6 Å². The van der Waals surface area contributed by atoms with E-state index in [4.69, 9.17) is 5.41 Å². The van der Waals surface area contributed by atoms with Crippen LogP contribution in [0.3, 0.4) is 0 Å². The molecule has 2 aromatic rings. The standard InChI is InChI=1S/C23H29F3N6O/c1-13(28-15-6-8-17(33)9-7-15)29-22-20(12-27)30-23(32(22)16-4-2-3-5-16)31-21-18(25)10-14(24)11-19(21)26/h10-12,15-17,27-29,33H,1-9H2,(H,30,31). The van der Waals surface area contributed by atoms with Crippen molar-refractivity contribution in [3.05, 3.63) is 47.7 Å². The summed E-state index contributed by atoms with van der Waals surface area (Å²) in [4.78, 5) is 4.40. The van der Waals surface area contributed by atoms with Gasteiger partial charge >= 0.3 is 0 Å². The van der Waals surface area contributed by atoms with Crippen molar-refractivity contribution >= 4 is 23.7 Å². The minimum atomic E-state index is -1.06. The third kappa shape index (κ3) is 5.16. The Bertz CT molecular complexity index is 1000. The second-order valence-corrected chi connectivity index (χ2v) is 8.74. The Hall–Kier alpha value is -3.01. The van der Waals surface area contributed by atoms with Gasteiger partial charge in [0, 0.05) is 30.4 Å². The molecule has 0 aliphatic heterocycles. The zero-order valence-corrected chi connectivity index (χ0v) is 18.3. The van der Waals surface area contributed by atoms with Crippen molar-refractivity contribution < 1.29 is 18.3 Å². The number of halogens is 3. The molecule has 1 aromatic carbocycles. The molecule has 7 nitrogen and oxygen atoms in total. The van der Waals surface area contributed by atoms with E-state index in [0.717, 1.165) is 57.6 Å². The molecular weight excluding hydrogens is 433 g/mol. The van der Waals surface area contributed by atoms with Gasteiger partial charge < -0.3 is 26.5 Å². The molecule has 1 heterocycles. The highest BCUT2D eigenvalue weighted by atomic mass is 19.1. The third-order valence-electron chi connectivity index (χ3n) is 6.35. The summed E-state index contributed by atoms with van der Waals surface area (Å²) < 4.78 is 43.8. The van der Waals surface area contributed by atoms with E-state index in [1.165, 1.54) is 0 Å². The smallest absolute Gasteiger partial charge is 0.210 e. The number of hydrogen-bond donors (Lipinski definition) is 5. The van der Waals surface area contributed by atoms with E-state index in [2.05, 4.69) is 27.5 Å². The fourth-order valence-corrected chi connectivity index (χ4v) is 4.70. The topological polar surface area (TPSA) is 98.0 Å². The van der Waals surface area contributed by atoms with E-state index in [0.29, 0.717) is 23.8 Å². The Morgan fingerprint density at radius 1 is 1.09 bits per heavy atom. The molecule has 2 saturated carbocycles. The predicted molar refractivity (Wildman–Crippen MR) is 121 cm³/mol. The maximum absolute atomic E-state index is 14.3. The molecule has 1 aromatic heterocycles. The SMILES string of the molecule is C=C(Nc1c(C=N)nc(Nc2c(F)cc(F)cc2F)n1C1CCCC1)NC1CCC(O)CC1.